The first-order valence-corrected chi connectivity index (χ1v) is 6.59. The first-order valence-electron chi connectivity index (χ1n) is 6.59. The first kappa shape index (κ1) is 14.9. The number of hydrogen-bond acceptors (Lipinski definition) is 5. The Labute approximate surface area is 120 Å². The minimum Gasteiger partial charge on any atom is -0.494 e. The molecule has 0 radical (unpaired) electrons. The van der Waals surface area contributed by atoms with Crippen LogP contribution in [0.5, 0.6) is 5.75 Å². The van der Waals surface area contributed by atoms with Crippen molar-refractivity contribution in [1.82, 2.24) is 4.98 Å². The Morgan fingerprint density at radius 3 is 2.35 bits per heavy atom. The van der Waals surface area contributed by atoms with Crippen LogP contribution in [0, 0.1) is 0 Å². The third-order valence-electron chi connectivity index (χ3n) is 3.81. The van der Waals surface area contributed by atoms with E-state index in [-0.39, 0.29) is 11.2 Å². The smallest absolute Gasteiger partial charge is 0.487 e. The van der Waals surface area contributed by atoms with Gasteiger partial charge in [-0.1, -0.05) is 5.98 Å². The van der Waals surface area contributed by atoms with Gasteiger partial charge < -0.3 is 19.8 Å². The van der Waals surface area contributed by atoms with Crippen LogP contribution in [-0.4, -0.2) is 30.4 Å². The number of nitrogens with zero attached hydrogens (tertiary/aromatic N) is 1. The lowest BCUT2D eigenvalue weighted by Crippen LogP contribution is -2.41. The highest BCUT2D eigenvalue weighted by Crippen LogP contribution is 2.37. The van der Waals surface area contributed by atoms with E-state index in [9.17, 15) is 0 Å². The molecule has 0 aliphatic carbocycles. The van der Waals surface area contributed by atoms with Crippen molar-refractivity contribution in [2.24, 2.45) is 0 Å². The number of rotatable bonds is 3. The molecule has 0 spiro atoms. The number of hydrogen-bond donors (Lipinski definition) is 1. The second kappa shape index (κ2) is 5.11. The summed E-state index contributed by atoms with van der Waals surface area (Å²) in [6.45, 7) is 8.06. The molecule has 5 nitrogen and oxygen atoms in total. The van der Waals surface area contributed by atoms with Crippen LogP contribution in [0.1, 0.15) is 33.4 Å². The number of anilines is 1. The summed E-state index contributed by atoms with van der Waals surface area (Å²) in [5, 5.41) is 0. The average Bonchev–Trinajstić information content (AvgIpc) is 2.55. The van der Waals surface area contributed by atoms with Crippen molar-refractivity contribution in [3.05, 3.63) is 23.8 Å². The monoisotopic (exact) mass is 276 g/mol. The van der Waals surface area contributed by atoms with Gasteiger partial charge in [0.25, 0.3) is 0 Å². The molecular formula is C14H21BN2O3. The van der Waals surface area contributed by atoms with Crippen LogP contribution >= 0.6 is 0 Å². The molecule has 0 unspecified atom stereocenters. The lowest BCUT2D eigenvalue weighted by atomic mass is 9.89. The summed E-state index contributed by atoms with van der Waals surface area (Å²) in [6.07, 6.45) is 1.80. The Kier molecular flexibility index (Phi) is 3.80. The van der Waals surface area contributed by atoms with Gasteiger partial charge in [0.05, 0.1) is 18.3 Å². The van der Waals surface area contributed by atoms with Crippen molar-refractivity contribution in [3.8, 4) is 5.75 Å². The lowest BCUT2D eigenvalue weighted by Gasteiger charge is -2.32. The van der Waals surface area contributed by atoms with Crippen LogP contribution in [-0.2, 0) is 9.31 Å². The average molecular weight is 276 g/mol. The summed E-state index contributed by atoms with van der Waals surface area (Å²) in [5.74, 6) is 2.92. The summed E-state index contributed by atoms with van der Waals surface area (Å²) in [6, 6.07) is 3.48. The zero-order chi connectivity index (χ0) is 15.0. The first-order chi connectivity index (χ1) is 9.25. The Balaban J connectivity index is 2.17. The van der Waals surface area contributed by atoms with Crippen molar-refractivity contribution in [1.29, 1.82) is 0 Å². The van der Waals surface area contributed by atoms with Gasteiger partial charge in [0.15, 0.2) is 0 Å². The number of nitrogen functional groups attached to an aromatic ring is 1. The molecule has 0 aromatic carbocycles. The van der Waals surface area contributed by atoms with E-state index in [1.165, 1.54) is 0 Å². The molecule has 2 rings (SSSR count). The molecule has 0 atom stereocenters. The molecule has 0 amide bonds. The van der Waals surface area contributed by atoms with Crippen molar-refractivity contribution >= 4 is 19.0 Å². The molecule has 1 aromatic rings. The second-order valence-electron chi connectivity index (χ2n) is 5.81. The quantitative estimate of drug-likeness (QED) is 0.858. The summed E-state index contributed by atoms with van der Waals surface area (Å²) >= 11 is 0. The number of methoxy groups -OCH3 is 1. The van der Waals surface area contributed by atoms with Crippen molar-refractivity contribution in [2.45, 2.75) is 38.9 Å². The van der Waals surface area contributed by atoms with Gasteiger partial charge in [0, 0.05) is 0 Å². The molecule has 1 aliphatic heterocycles. The van der Waals surface area contributed by atoms with Gasteiger partial charge in [-0.3, -0.25) is 0 Å². The molecule has 1 fully saturated rings. The van der Waals surface area contributed by atoms with E-state index in [0.717, 1.165) is 0 Å². The molecule has 20 heavy (non-hydrogen) atoms. The maximum absolute atomic E-state index is 5.88. The molecule has 1 saturated heterocycles. The molecule has 1 aromatic heterocycles. The fourth-order valence-electron chi connectivity index (χ4n) is 1.91. The Morgan fingerprint density at radius 2 is 1.80 bits per heavy atom. The van der Waals surface area contributed by atoms with E-state index in [1.807, 2.05) is 33.7 Å². The predicted octanol–water partition coefficient (Wildman–Crippen LogP) is 2.32. The van der Waals surface area contributed by atoms with Crippen LogP contribution < -0.4 is 10.5 Å². The van der Waals surface area contributed by atoms with Gasteiger partial charge >= 0.3 is 7.12 Å². The number of nitrogens with two attached hydrogens (primary N) is 1. The van der Waals surface area contributed by atoms with Crippen LogP contribution in [0.4, 0.5) is 5.82 Å². The zero-order valence-corrected chi connectivity index (χ0v) is 12.6. The van der Waals surface area contributed by atoms with Crippen molar-refractivity contribution < 1.29 is 14.0 Å². The minimum absolute atomic E-state index is 0.352. The summed E-state index contributed by atoms with van der Waals surface area (Å²) in [7, 11) is 1.19. The third kappa shape index (κ3) is 2.81. The normalized spacial score (nSPS) is 20.6. The van der Waals surface area contributed by atoms with E-state index < -0.39 is 7.12 Å². The standard InChI is InChI=1S/C14H21BN2O3/c1-13(2)14(3,4)20-15(19-13)9-8-10-11(18-5)6-7-12(16)17-10/h6-9H,1-5H3,(H2,16,17)/b9-8+. The number of aromatic nitrogens is 1. The third-order valence-corrected chi connectivity index (χ3v) is 3.81. The van der Waals surface area contributed by atoms with Gasteiger partial charge in [-0.15, -0.1) is 0 Å². The Hall–Kier alpha value is -1.53. The van der Waals surface area contributed by atoms with Gasteiger partial charge in [-0.25, -0.2) is 4.98 Å². The summed E-state index contributed by atoms with van der Waals surface area (Å²) in [4.78, 5) is 4.23. The van der Waals surface area contributed by atoms with Crippen LogP contribution in [0.25, 0.3) is 6.08 Å². The molecule has 6 heteroatoms. The maximum Gasteiger partial charge on any atom is 0.487 e. The molecule has 2 N–H and O–H groups in total. The van der Waals surface area contributed by atoms with Gasteiger partial charge in [-0.2, -0.15) is 0 Å². The van der Waals surface area contributed by atoms with E-state index in [4.69, 9.17) is 19.8 Å². The molecule has 1 aliphatic rings. The molecular weight excluding hydrogens is 255 g/mol. The summed E-state index contributed by atoms with van der Waals surface area (Å²) in [5.41, 5.74) is 5.64. The van der Waals surface area contributed by atoms with E-state index in [0.29, 0.717) is 17.3 Å². The van der Waals surface area contributed by atoms with E-state index in [2.05, 4.69) is 4.98 Å². The molecule has 108 valence electrons. The van der Waals surface area contributed by atoms with Crippen LogP contribution in [0.15, 0.2) is 18.1 Å². The fraction of sp³-hybridized carbons (Fsp3) is 0.500. The SMILES string of the molecule is COc1ccc(N)nc1/C=C/B1OC(C)(C)C(C)(C)O1. The van der Waals surface area contributed by atoms with Gasteiger partial charge in [0.1, 0.15) is 17.3 Å². The van der Waals surface area contributed by atoms with Crippen LogP contribution in [0.2, 0.25) is 0 Å². The van der Waals surface area contributed by atoms with Gasteiger partial charge in [-0.05, 0) is 45.9 Å². The van der Waals surface area contributed by atoms with E-state index >= 15 is 0 Å². The number of ether oxygens (including phenoxy) is 1. The minimum atomic E-state index is -0.409. The zero-order valence-electron chi connectivity index (χ0n) is 12.6. The number of pyridine rings is 1. The second-order valence-corrected chi connectivity index (χ2v) is 5.81. The summed E-state index contributed by atoms with van der Waals surface area (Å²) < 4.78 is 17.0. The Morgan fingerprint density at radius 1 is 1.20 bits per heavy atom. The fourth-order valence-corrected chi connectivity index (χ4v) is 1.91. The maximum atomic E-state index is 5.88. The highest BCUT2D eigenvalue weighted by Gasteiger charge is 2.50. The largest absolute Gasteiger partial charge is 0.494 e. The molecule has 0 saturated carbocycles. The molecule has 2 heterocycles. The topological polar surface area (TPSA) is 66.6 Å². The van der Waals surface area contributed by atoms with E-state index in [1.54, 1.807) is 25.3 Å². The van der Waals surface area contributed by atoms with Crippen molar-refractivity contribution in [2.75, 3.05) is 12.8 Å². The van der Waals surface area contributed by atoms with Crippen molar-refractivity contribution in [3.63, 3.8) is 0 Å². The van der Waals surface area contributed by atoms with Crippen LogP contribution in [0.3, 0.4) is 0 Å². The predicted molar refractivity (Wildman–Crippen MR) is 80.3 cm³/mol. The molecule has 0 bridgehead atoms. The Bertz CT molecular complexity index is 513. The highest BCUT2D eigenvalue weighted by atomic mass is 16.7. The highest BCUT2D eigenvalue weighted by molar-refractivity contribution is 6.52. The van der Waals surface area contributed by atoms with Gasteiger partial charge in [0.2, 0.25) is 0 Å². The lowest BCUT2D eigenvalue weighted by molar-refractivity contribution is 0.00578.